The van der Waals surface area contributed by atoms with Gasteiger partial charge in [0.1, 0.15) is 0 Å². The Balaban J connectivity index is 2.21. The van der Waals surface area contributed by atoms with Gasteiger partial charge in [-0.05, 0) is 13.8 Å². The zero-order valence-corrected chi connectivity index (χ0v) is 10.0. The Morgan fingerprint density at radius 1 is 1.62 bits per heavy atom. The lowest BCUT2D eigenvalue weighted by molar-refractivity contribution is 0.0655. The minimum absolute atomic E-state index is 0.0969. The fourth-order valence-corrected chi connectivity index (χ4v) is 2.11. The van der Waals surface area contributed by atoms with Gasteiger partial charge in [0, 0.05) is 38.9 Å². The van der Waals surface area contributed by atoms with Crippen molar-refractivity contribution in [3.05, 3.63) is 17.5 Å². The SMILES string of the molecule is Cc1nn(C)cc1C(=O)N1CCNC[C@H]1C. The normalized spacial score (nSPS) is 21.2. The number of carbonyl (C=O) groups is 1. The smallest absolute Gasteiger partial charge is 0.257 e. The van der Waals surface area contributed by atoms with Crippen molar-refractivity contribution in [2.45, 2.75) is 19.9 Å². The molecule has 5 nitrogen and oxygen atoms in total. The number of piperazine rings is 1. The van der Waals surface area contributed by atoms with E-state index >= 15 is 0 Å². The first-order valence-electron chi connectivity index (χ1n) is 5.61. The van der Waals surface area contributed by atoms with E-state index in [0.29, 0.717) is 0 Å². The first-order chi connectivity index (χ1) is 7.59. The van der Waals surface area contributed by atoms with Gasteiger partial charge in [0.25, 0.3) is 5.91 Å². The maximum absolute atomic E-state index is 12.3. The van der Waals surface area contributed by atoms with Gasteiger partial charge < -0.3 is 10.2 Å². The van der Waals surface area contributed by atoms with E-state index < -0.39 is 0 Å². The lowest BCUT2D eigenvalue weighted by Crippen LogP contribution is -2.52. The van der Waals surface area contributed by atoms with E-state index in [1.165, 1.54) is 0 Å². The summed E-state index contributed by atoms with van der Waals surface area (Å²) >= 11 is 0. The number of hydrogen-bond acceptors (Lipinski definition) is 3. The summed E-state index contributed by atoms with van der Waals surface area (Å²) in [4.78, 5) is 14.2. The Morgan fingerprint density at radius 3 is 2.94 bits per heavy atom. The van der Waals surface area contributed by atoms with Crippen LogP contribution in [0, 0.1) is 6.92 Å². The molecule has 1 N–H and O–H groups in total. The van der Waals surface area contributed by atoms with E-state index in [4.69, 9.17) is 0 Å². The topological polar surface area (TPSA) is 50.2 Å². The number of aromatic nitrogens is 2. The highest BCUT2D eigenvalue weighted by Gasteiger charge is 2.26. The van der Waals surface area contributed by atoms with Crippen LogP contribution in [0.5, 0.6) is 0 Å². The number of amides is 1. The van der Waals surface area contributed by atoms with E-state index in [1.54, 1.807) is 10.9 Å². The molecule has 1 aliphatic heterocycles. The highest BCUT2D eigenvalue weighted by atomic mass is 16.2. The van der Waals surface area contributed by atoms with Crippen LogP contribution in [-0.2, 0) is 7.05 Å². The molecule has 0 aromatic carbocycles. The maximum atomic E-state index is 12.3. The minimum atomic E-state index is 0.0969. The van der Waals surface area contributed by atoms with Gasteiger partial charge in [-0.15, -0.1) is 0 Å². The van der Waals surface area contributed by atoms with Crippen molar-refractivity contribution < 1.29 is 4.79 Å². The van der Waals surface area contributed by atoms with Crippen LogP contribution >= 0.6 is 0 Å². The van der Waals surface area contributed by atoms with Crippen LogP contribution in [0.2, 0.25) is 0 Å². The maximum Gasteiger partial charge on any atom is 0.257 e. The van der Waals surface area contributed by atoms with Crippen molar-refractivity contribution in [2.24, 2.45) is 7.05 Å². The largest absolute Gasteiger partial charge is 0.333 e. The first kappa shape index (κ1) is 11.1. The molecule has 1 atom stereocenters. The van der Waals surface area contributed by atoms with E-state index in [9.17, 15) is 4.79 Å². The van der Waals surface area contributed by atoms with Gasteiger partial charge in [0.2, 0.25) is 0 Å². The molecule has 0 unspecified atom stereocenters. The Hall–Kier alpha value is -1.36. The van der Waals surface area contributed by atoms with Crippen LogP contribution in [0.3, 0.4) is 0 Å². The predicted molar refractivity (Wildman–Crippen MR) is 61.3 cm³/mol. The van der Waals surface area contributed by atoms with Crippen molar-refractivity contribution in [1.29, 1.82) is 0 Å². The minimum Gasteiger partial charge on any atom is -0.333 e. The average Bonchev–Trinajstić information content (AvgIpc) is 2.58. The summed E-state index contributed by atoms with van der Waals surface area (Å²) in [6.45, 7) is 6.45. The monoisotopic (exact) mass is 222 g/mol. The van der Waals surface area contributed by atoms with Gasteiger partial charge in [0.15, 0.2) is 0 Å². The molecule has 16 heavy (non-hydrogen) atoms. The second-order valence-electron chi connectivity index (χ2n) is 4.35. The quantitative estimate of drug-likeness (QED) is 0.736. The predicted octanol–water partition coefficient (Wildman–Crippen LogP) is 0.162. The molecule has 1 amide bonds. The zero-order valence-electron chi connectivity index (χ0n) is 10.0. The van der Waals surface area contributed by atoms with Gasteiger partial charge in [-0.3, -0.25) is 9.48 Å². The summed E-state index contributed by atoms with van der Waals surface area (Å²) in [5.74, 6) is 0.0969. The second-order valence-corrected chi connectivity index (χ2v) is 4.35. The number of aryl methyl sites for hydroxylation is 2. The van der Waals surface area contributed by atoms with Crippen LogP contribution in [0.1, 0.15) is 23.0 Å². The molecule has 2 rings (SSSR count). The van der Waals surface area contributed by atoms with Gasteiger partial charge in [0.05, 0.1) is 11.3 Å². The third kappa shape index (κ3) is 1.95. The average molecular weight is 222 g/mol. The lowest BCUT2D eigenvalue weighted by atomic mass is 10.1. The Morgan fingerprint density at radius 2 is 2.38 bits per heavy atom. The second kappa shape index (κ2) is 4.25. The Labute approximate surface area is 95.4 Å². The van der Waals surface area contributed by atoms with E-state index in [-0.39, 0.29) is 11.9 Å². The van der Waals surface area contributed by atoms with Crippen LogP contribution in [0.15, 0.2) is 6.20 Å². The highest BCUT2D eigenvalue weighted by Crippen LogP contribution is 2.12. The summed E-state index contributed by atoms with van der Waals surface area (Å²) in [5.41, 5.74) is 1.52. The number of rotatable bonds is 1. The fourth-order valence-electron chi connectivity index (χ4n) is 2.11. The van der Waals surface area contributed by atoms with E-state index in [0.717, 1.165) is 30.9 Å². The van der Waals surface area contributed by atoms with Crippen LogP contribution in [-0.4, -0.2) is 46.3 Å². The molecule has 88 valence electrons. The van der Waals surface area contributed by atoms with Crippen molar-refractivity contribution in [3.8, 4) is 0 Å². The first-order valence-corrected chi connectivity index (χ1v) is 5.61. The summed E-state index contributed by atoms with van der Waals surface area (Å²) < 4.78 is 1.69. The summed E-state index contributed by atoms with van der Waals surface area (Å²) in [6.07, 6.45) is 1.80. The number of hydrogen-bond donors (Lipinski definition) is 1. The third-order valence-corrected chi connectivity index (χ3v) is 3.01. The molecule has 1 aromatic heterocycles. The molecule has 1 aromatic rings. The number of nitrogens with zero attached hydrogens (tertiary/aromatic N) is 3. The van der Waals surface area contributed by atoms with Crippen LogP contribution in [0.25, 0.3) is 0 Å². The molecule has 0 bridgehead atoms. The fraction of sp³-hybridized carbons (Fsp3) is 0.636. The zero-order chi connectivity index (χ0) is 11.7. The molecule has 1 aliphatic rings. The summed E-state index contributed by atoms with van der Waals surface area (Å²) in [6, 6.07) is 0.251. The van der Waals surface area contributed by atoms with Gasteiger partial charge in [-0.2, -0.15) is 5.10 Å². The number of nitrogens with one attached hydrogen (secondary N) is 1. The molecule has 0 aliphatic carbocycles. The van der Waals surface area contributed by atoms with Crippen molar-refractivity contribution >= 4 is 5.91 Å². The number of carbonyl (C=O) groups excluding carboxylic acids is 1. The van der Waals surface area contributed by atoms with Crippen molar-refractivity contribution in [2.75, 3.05) is 19.6 Å². The lowest BCUT2D eigenvalue weighted by Gasteiger charge is -2.33. The molecule has 1 fully saturated rings. The van der Waals surface area contributed by atoms with Gasteiger partial charge >= 0.3 is 0 Å². The molecule has 0 radical (unpaired) electrons. The van der Waals surface area contributed by atoms with Crippen LogP contribution in [0.4, 0.5) is 0 Å². The third-order valence-electron chi connectivity index (χ3n) is 3.01. The molecule has 5 heteroatoms. The molecular weight excluding hydrogens is 204 g/mol. The van der Waals surface area contributed by atoms with E-state index in [1.807, 2.05) is 18.9 Å². The Kier molecular flexibility index (Phi) is 2.96. The van der Waals surface area contributed by atoms with Gasteiger partial charge in [-0.25, -0.2) is 0 Å². The molecule has 2 heterocycles. The van der Waals surface area contributed by atoms with E-state index in [2.05, 4.69) is 17.3 Å². The van der Waals surface area contributed by atoms with Crippen molar-refractivity contribution in [3.63, 3.8) is 0 Å². The molecule has 0 saturated carbocycles. The highest BCUT2D eigenvalue weighted by molar-refractivity contribution is 5.95. The van der Waals surface area contributed by atoms with Gasteiger partial charge in [-0.1, -0.05) is 0 Å². The molecule has 0 spiro atoms. The van der Waals surface area contributed by atoms with Crippen molar-refractivity contribution in [1.82, 2.24) is 20.0 Å². The van der Waals surface area contributed by atoms with Crippen LogP contribution < -0.4 is 5.32 Å². The summed E-state index contributed by atoms with van der Waals surface area (Å²) in [7, 11) is 1.84. The molecular formula is C11H18N4O. The molecule has 1 saturated heterocycles. The standard InChI is InChI=1S/C11H18N4O/c1-8-6-12-4-5-15(8)11(16)10-7-14(3)13-9(10)2/h7-8,12H,4-6H2,1-3H3/t8-/m1/s1. The summed E-state index contributed by atoms with van der Waals surface area (Å²) in [5, 5.41) is 7.48. The Bertz CT molecular complexity index is 399.